The third kappa shape index (κ3) is 4.62. The molecule has 12 heteroatoms. The number of carbonyl (C=O) groups excluding carboxylic acids is 1. The summed E-state index contributed by atoms with van der Waals surface area (Å²) in [7, 11) is 0. The first kappa shape index (κ1) is 21.4. The van der Waals surface area contributed by atoms with Crippen molar-refractivity contribution in [2.24, 2.45) is 0 Å². The van der Waals surface area contributed by atoms with Crippen LogP contribution in [0.25, 0.3) is 11.1 Å². The minimum absolute atomic E-state index is 0.0412. The van der Waals surface area contributed by atoms with E-state index >= 15 is 0 Å². The molecule has 0 aliphatic rings. The van der Waals surface area contributed by atoms with E-state index < -0.39 is 33.3 Å². The summed E-state index contributed by atoms with van der Waals surface area (Å²) in [4.78, 5) is 34.2. The number of hydrogen-bond acceptors (Lipinski definition) is 5. The topological polar surface area (TPSA) is 107 Å². The van der Waals surface area contributed by atoms with Crippen molar-refractivity contribution < 1.29 is 27.3 Å². The summed E-state index contributed by atoms with van der Waals surface area (Å²) in [6.45, 7) is 0.0749. The number of non-ortho nitro benzene ring substituents is 1. The highest BCUT2D eigenvalue weighted by atomic mass is 35.5. The summed E-state index contributed by atoms with van der Waals surface area (Å²) < 4.78 is 44.9. The molecule has 1 heterocycles. The van der Waals surface area contributed by atoms with Gasteiger partial charge in [-0.25, -0.2) is 4.79 Å². The molecule has 0 fully saturated rings. The predicted molar refractivity (Wildman–Crippen MR) is 101 cm³/mol. The van der Waals surface area contributed by atoms with Crippen molar-refractivity contribution in [1.29, 1.82) is 0 Å². The van der Waals surface area contributed by atoms with E-state index in [0.717, 1.165) is 18.2 Å². The quantitative estimate of drug-likeness (QED) is 0.442. The maximum atomic E-state index is 12.9. The van der Waals surface area contributed by atoms with Crippen molar-refractivity contribution in [2.75, 3.05) is 5.32 Å². The number of carbonyl (C=O) groups is 1. The molecule has 158 valence electrons. The van der Waals surface area contributed by atoms with Crippen molar-refractivity contribution >= 4 is 40.0 Å². The molecule has 0 atom stereocenters. The average molecular weight is 444 g/mol. The van der Waals surface area contributed by atoms with E-state index in [1.54, 1.807) is 0 Å². The van der Waals surface area contributed by atoms with Crippen LogP contribution in [0.1, 0.15) is 18.4 Å². The molecule has 30 heavy (non-hydrogen) atoms. The Hall–Kier alpha value is -3.34. The third-order valence-corrected chi connectivity index (χ3v) is 4.53. The summed E-state index contributed by atoms with van der Waals surface area (Å²) in [5.74, 6) is -1.29. The first-order valence-corrected chi connectivity index (χ1v) is 8.88. The first-order chi connectivity index (χ1) is 14.1. The molecule has 3 rings (SSSR count). The van der Waals surface area contributed by atoms with Gasteiger partial charge in [-0.15, -0.1) is 0 Å². The molecular formula is C18H13ClF3N3O5. The van der Waals surface area contributed by atoms with Crippen molar-refractivity contribution in [3.05, 3.63) is 67.6 Å². The molecule has 0 spiro atoms. The van der Waals surface area contributed by atoms with Gasteiger partial charge in [0.25, 0.3) is 5.69 Å². The number of benzene rings is 2. The third-order valence-electron chi connectivity index (χ3n) is 4.20. The van der Waals surface area contributed by atoms with Gasteiger partial charge in [0.1, 0.15) is 0 Å². The molecule has 0 saturated heterocycles. The number of nitro groups is 1. The molecule has 0 unspecified atom stereocenters. The summed E-state index contributed by atoms with van der Waals surface area (Å²) in [5, 5.41) is 12.7. The number of fused-ring (bicyclic) bond motifs is 1. The molecule has 0 aliphatic heterocycles. The monoisotopic (exact) mass is 443 g/mol. The van der Waals surface area contributed by atoms with Crippen molar-refractivity contribution in [3.8, 4) is 0 Å². The van der Waals surface area contributed by atoms with E-state index in [1.807, 2.05) is 0 Å². The standard InChI is InChI=1S/C18H13ClF3N3O5/c19-13-5-3-10(8-12(13)18(20,21)22)23-16(26)2-1-7-24-14-6-4-11(25(28)29)9-15(14)30-17(24)27/h3-6,8-9H,1-2,7H2,(H,23,26). The Labute approximate surface area is 171 Å². The number of hydrogen-bond donors (Lipinski definition) is 1. The zero-order valence-electron chi connectivity index (χ0n) is 15.0. The van der Waals surface area contributed by atoms with Gasteiger partial charge in [-0.1, -0.05) is 11.6 Å². The molecule has 0 bridgehead atoms. The number of aryl methyl sites for hydroxylation is 1. The second-order valence-electron chi connectivity index (χ2n) is 6.27. The maximum absolute atomic E-state index is 12.9. The van der Waals surface area contributed by atoms with Gasteiger partial charge >= 0.3 is 11.9 Å². The predicted octanol–water partition coefficient (Wildman–Crippen LogP) is 4.59. The Morgan fingerprint density at radius 2 is 1.97 bits per heavy atom. The molecule has 0 radical (unpaired) electrons. The van der Waals surface area contributed by atoms with Crippen LogP contribution in [-0.2, 0) is 17.5 Å². The van der Waals surface area contributed by atoms with Crippen molar-refractivity contribution in [3.63, 3.8) is 0 Å². The Balaban J connectivity index is 1.65. The fourth-order valence-electron chi connectivity index (χ4n) is 2.82. The van der Waals surface area contributed by atoms with Crippen LogP contribution in [0.2, 0.25) is 5.02 Å². The lowest BCUT2D eigenvalue weighted by molar-refractivity contribution is -0.384. The fourth-order valence-corrected chi connectivity index (χ4v) is 3.05. The highest BCUT2D eigenvalue weighted by Crippen LogP contribution is 2.36. The number of anilines is 1. The lowest BCUT2D eigenvalue weighted by Gasteiger charge is -2.11. The largest absolute Gasteiger partial charge is 0.419 e. The number of alkyl halides is 3. The Kier molecular flexibility index (Phi) is 5.83. The molecule has 8 nitrogen and oxygen atoms in total. The lowest BCUT2D eigenvalue weighted by atomic mass is 10.2. The molecule has 0 saturated carbocycles. The Bertz CT molecular complexity index is 1190. The van der Waals surface area contributed by atoms with Crippen LogP contribution >= 0.6 is 11.6 Å². The number of aromatic nitrogens is 1. The second-order valence-corrected chi connectivity index (χ2v) is 6.68. The number of nitro benzene ring substituents is 1. The number of oxazole rings is 1. The Morgan fingerprint density at radius 1 is 1.23 bits per heavy atom. The van der Waals surface area contributed by atoms with Gasteiger partial charge in [0.2, 0.25) is 5.91 Å². The molecule has 1 N–H and O–H groups in total. The second kappa shape index (κ2) is 8.19. The average Bonchev–Trinajstić information content (AvgIpc) is 2.97. The van der Waals surface area contributed by atoms with E-state index in [9.17, 15) is 32.9 Å². The highest BCUT2D eigenvalue weighted by Gasteiger charge is 2.33. The van der Waals surface area contributed by atoms with E-state index in [4.69, 9.17) is 16.0 Å². The number of amides is 1. The number of halogens is 4. The molecule has 2 aromatic carbocycles. The molecule has 1 aromatic heterocycles. The van der Waals surface area contributed by atoms with Crippen LogP contribution in [0.4, 0.5) is 24.5 Å². The summed E-state index contributed by atoms with van der Waals surface area (Å²) in [6.07, 6.45) is -4.57. The minimum Gasteiger partial charge on any atom is -0.407 e. The van der Waals surface area contributed by atoms with Gasteiger partial charge < -0.3 is 9.73 Å². The van der Waals surface area contributed by atoms with Gasteiger partial charge in [-0.05, 0) is 30.7 Å². The smallest absolute Gasteiger partial charge is 0.407 e. The highest BCUT2D eigenvalue weighted by molar-refractivity contribution is 6.31. The molecule has 0 aliphatic carbocycles. The molecule has 1 amide bonds. The Morgan fingerprint density at radius 3 is 2.63 bits per heavy atom. The van der Waals surface area contributed by atoms with E-state index in [-0.39, 0.29) is 36.3 Å². The van der Waals surface area contributed by atoms with Gasteiger partial charge in [-0.3, -0.25) is 19.5 Å². The SMILES string of the molecule is O=C(CCCn1c(=O)oc2cc([N+](=O)[O-])ccc21)Nc1ccc(Cl)c(C(F)(F)F)c1. The van der Waals surface area contributed by atoms with Crippen LogP contribution < -0.4 is 11.1 Å². The van der Waals surface area contributed by atoms with Crippen LogP contribution in [0, 0.1) is 10.1 Å². The number of nitrogens with zero attached hydrogens (tertiary/aromatic N) is 2. The van der Waals surface area contributed by atoms with E-state index in [0.29, 0.717) is 5.52 Å². The van der Waals surface area contributed by atoms with Crippen molar-refractivity contribution in [1.82, 2.24) is 4.57 Å². The minimum atomic E-state index is -4.66. The zero-order chi connectivity index (χ0) is 22.1. The van der Waals surface area contributed by atoms with Crippen LogP contribution in [-0.4, -0.2) is 15.4 Å². The van der Waals surface area contributed by atoms with Crippen LogP contribution in [0.5, 0.6) is 0 Å². The first-order valence-electron chi connectivity index (χ1n) is 8.50. The number of nitrogens with one attached hydrogen (secondary N) is 1. The van der Waals surface area contributed by atoms with Gasteiger partial charge in [0.05, 0.1) is 27.1 Å². The fraction of sp³-hybridized carbons (Fsp3) is 0.222. The lowest BCUT2D eigenvalue weighted by Crippen LogP contribution is -2.17. The summed E-state index contributed by atoms with van der Waals surface area (Å²) >= 11 is 5.54. The summed E-state index contributed by atoms with van der Waals surface area (Å²) in [5.41, 5.74) is -0.982. The van der Waals surface area contributed by atoms with Crippen LogP contribution in [0.3, 0.4) is 0 Å². The van der Waals surface area contributed by atoms with Gasteiger partial charge in [0, 0.05) is 24.7 Å². The molecule has 3 aromatic rings. The zero-order valence-corrected chi connectivity index (χ0v) is 15.8. The number of rotatable bonds is 6. The normalized spacial score (nSPS) is 11.6. The van der Waals surface area contributed by atoms with E-state index in [1.165, 1.54) is 22.8 Å². The van der Waals surface area contributed by atoms with E-state index in [2.05, 4.69) is 5.32 Å². The maximum Gasteiger partial charge on any atom is 0.419 e. The van der Waals surface area contributed by atoms with Crippen molar-refractivity contribution in [2.45, 2.75) is 25.6 Å². The van der Waals surface area contributed by atoms with Gasteiger partial charge in [0.15, 0.2) is 5.58 Å². The van der Waals surface area contributed by atoms with Crippen LogP contribution in [0.15, 0.2) is 45.6 Å². The summed E-state index contributed by atoms with van der Waals surface area (Å²) in [6, 6.07) is 6.73. The molecular weight excluding hydrogens is 431 g/mol. The van der Waals surface area contributed by atoms with Gasteiger partial charge in [-0.2, -0.15) is 13.2 Å².